The van der Waals surface area contributed by atoms with Gasteiger partial charge >= 0.3 is 0 Å². The number of hydrogen-bond acceptors (Lipinski definition) is 5. The van der Waals surface area contributed by atoms with Crippen LogP contribution in [0.3, 0.4) is 0 Å². The molecule has 0 aliphatic heterocycles. The second-order valence-electron chi connectivity index (χ2n) is 4.42. The highest BCUT2D eigenvalue weighted by atomic mass is 35.5. The van der Waals surface area contributed by atoms with Crippen LogP contribution in [0.4, 0.5) is 0 Å². The molecule has 0 bridgehead atoms. The zero-order chi connectivity index (χ0) is 15.4. The zero-order valence-electron chi connectivity index (χ0n) is 11.7. The SMILES string of the molecule is Cc1ncccc1Oc1cc(Sc2ccccn2)cnc1Cl. The predicted octanol–water partition coefficient (Wildman–Crippen LogP) is 4.78. The maximum absolute atomic E-state index is 6.12. The third kappa shape index (κ3) is 3.55. The van der Waals surface area contributed by atoms with E-state index in [0.717, 1.165) is 15.6 Å². The Balaban J connectivity index is 1.86. The van der Waals surface area contributed by atoms with Crippen molar-refractivity contribution in [2.24, 2.45) is 0 Å². The molecular formula is C16H12ClN3OS. The number of rotatable bonds is 4. The number of aryl methyl sites for hydroxylation is 1. The Kier molecular flexibility index (Phi) is 4.56. The van der Waals surface area contributed by atoms with Crippen LogP contribution >= 0.6 is 23.4 Å². The molecule has 0 saturated heterocycles. The van der Waals surface area contributed by atoms with Crippen LogP contribution in [-0.4, -0.2) is 15.0 Å². The van der Waals surface area contributed by atoms with Crippen LogP contribution < -0.4 is 4.74 Å². The maximum atomic E-state index is 6.12. The molecule has 3 aromatic heterocycles. The van der Waals surface area contributed by atoms with Gasteiger partial charge in [0.05, 0.1) is 5.69 Å². The van der Waals surface area contributed by atoms with E-state index in [2.05, 4.69) is 15.0 Å². The van der Waals surface area contributed by atoms with E-state index in [-0.39, 0.29) is 0 Å². The van der Waals surface area contributed by atoms with Crippen molar-refractivity contribution < 1.29 is 4.74 Å². The minimum Gasteiger partial charge on any atom is -0.452 e. The number of pyridine rings is 3. The van der Waals surface area contributed by atoms with E-state index in [1.165, 1.54) is 11.8 Å². The first-order chi connectivity index (χ1) is 10.7. The van der Waals surface area contributed by atoms with Crippen molar-refractivity contribution in [3.63, 3.8) is 0 Å². The molecule has 4 nitrogen and oxygen atoms in total. The predicted molar refractivity (Wildman–Crippen MR) is 86.7 cm³/mol. The number of aromatic nitrogens is 3. The van der Waals surface area contributed by atoms with E-state index >= 15 is 0 Å². The van der Waals surface area contributed by atoms with Crippen molar-refractivity contribution in [3.8, 4) is 11.5 Å². The van der Waals surface area contributed by atoms with Gasteiger partial charge in [0.25, 0.3) is 0 Å². The second-order valence-corrected chi connectivity index (χ2v) is 5.87. The summed E-state index contributed by atoms with van der Waals surface area (Å²) in [5.41, 5.74) is 0.793. The third-order valence-corrected chi connectivity index (χ3v) is 4.01. The summed E-state index contributed by atoms with van der Waals surface area (Å²) in [4.78, 5) is 13.5. The van der Waals surface area contributed by atoms with E-state index in [0.29, 0.717) is 16.7 Å². The minimum atomic E-state index is 0.314. The molecule has 0 saturated carbocycles. The Labute approximate surface area is 137 Å². The van der Waals surface area contributed by atoms with Gasteiger partial charge in [-0.05, 0) is 37.3 Å². The summed E-state index contributed by atoms with van der Waals surface area (Å²) < 4.78 is 5.83. The Morgan fingerprint density at radius 3 is 2.64 bits per heavy atom. The largest absolute Gasteiger partial charge is 0.452 e. The molecule has 3 heterocycles. The summed E-state index contributed by atoms with van der Waals surface area (Å²) in [7, 11) is 0. The molecule has 0 aliphatic rings. The van der Waals surface area contributed by atoms with E-state index in [9.17, 15) is 0 Å². The lowest BCUT2D eigenvalue weighted by Crippen LogP contribution is -1.92. The zero-order valence-corrected chi connectivity index (χ0v) is 13.3. The van der Waals surface area contributed by atoms with Crippen LogP contribution in [0.1, 0.15) is 5.69 Å². The van der Waals surface area contributed by atoms with E-state index < -0.39 is 0 Å². The molecule has 0 radical (unpaired) electrons. The topological polar surface area (TPSA) is 47.9 Å². The van der Waals surface area contributed by atoms with Crippen LogP contribution in [0.25, 0.3) is 0 Å². The van der Waals surface area contributed by atoms with Crippen LogP contribution in [-0.2, 0) is 0 Å². The van der Waals surface area contributed by atoms with Gasteiger partial charge in [0.1, 0.15) is 10.8 Å². The first-order valence-electron chi connectivity index (χ1n) is 6.56. The standard InChI is InChI=1S/C16H12ClN3OS/c1-11-13(5-4-8-18-11)21-14-9-12(10-20-16(14)17)22-15-6-2-3-7-19-15/h2-10H,1H3. The van der Waals surface area contributed by atoms with Crippen molar-refractivity contribution in [2.75, 3.05) is 0 Å². The lowest BCUT2D eigenvalue weighted by atomic mass is 10.3. The molecule has 0 spiro atoms. The summed E-state index contributed by atoms with van der Waals surface area (Å²) in [6.45, 7) is 1.88. The molecule has 3 aromatic rings. The van der Waals surface area contributed by atoms with E-state index in [1.807, 2.05) is 43.3 Å². The molecule has 0 aliphatic carbocycles. The summed E-state index contributed by atoms with van der Waals surface area (Å²) in [5.74, 6) is 1.16. The Bertz CT molecular complexity index is 783. The molecule has 0 N–H and O–H groups in total. The summed E-state index contributed by atoms with van der Waals surface area (Å²) in [6.07, 6.45) is 5.17. The highest BCUT2D eigenvalue weighted by Crippen LogP contribution is 2.34. The smallest absolute Gasteiger partial charge is 0.171 e. The second kappa shape index (κ2) is 6.77. The summed E-state index contributed by atoms with van der Waals surface area (Å²) in [5, 5.41) is 1.20. The van der Waals surface area contributed by atoms with Crippen molar-refractivity contribution in [1.29, 1.82) is 0 Å². The maximum Gasteiger partial charge on any atom is 0.171 e. The van der Waals surface area contributed by atoms with Crippen molar-refractivity contribution in [1.82, 2.24) is 15.0 Å². The summed E-state index contributed by atoms with van der Waals surface area (Å²) in [6, 6.07) is 11.3. The lowest BCUT2D eigenvalue weighted by molar-refractivity contribution is 0.472. The minimum absolute atomic E-state index is 0.314. The van der Waals surface area contributed by atoms with E-state index in [4.69, 9.17) is 16.3 Å². The fourth-order valence-electron chi connectivity index (χ4n) is 1.76. The van der Waals surface area contributed by atoms with E-state index in [1.54, 1.807) is 18.6 Å². The van der Waals surface area contributed by atoms with Gasteiger partial charge in [0, 0.05) is 23.5 Å². The average Bonchev–Trinajstić information content (AvgIpc) is 2.54. The monoisotopic (exact) mass is 329 g/mol. The van der Waals surface area contributed by atoms with Crippen molar-refractivity contribution >= 4 is 23.4 Å². The molecule has 3 rings (SSSR count). The number of halogens is 1. The molecule has 0 fully saturated rings. The Hall–Kier alpha value is -2.11. The van der Waals surface area contributed by atoms with Crippen LogP contribution in [0.5, 0.6) is 11.5 Å². The number of hydrogen-bond donors (Lipinski definition) is 0. The van der Waals surface area contributed by atoms with Gasteiger partial charge in [-0.1, -0.05) is 29.4 Å². The van der Waals surface area contributed by atoms with Gasteiger partial charge in [-0.15, -0.1) is 0 Å². The highest BCUT2D eigenvalue weighted by molar-refractivity contribution is 7.99. The van der Waals surface area contributed by atoms with Gasteiger partial charge in [0.2, 0.25) is 0 Å². The van der Waals surface area contributed by atoms with Gasteiger partial charge in [-0.3, -0.25) is 4.98 Å². The van der Waals surface area contributed by atoms with Crippen LogP contribution in [0.2, 0.25) is 5.15 Å². The third-order valence-electron chi connectivity index (χ3n) is 2.82. The van der Waals surface area contributed by atoms with Gasteiger partial charge in [-0.25, -0.2) is 9.97 Å². The first kappa shape index (κ1) is 14.8. The van der Waals surface area contributed by atoms with Gasteiger partial charge in [-0.2, -0.15) is 0 Å². The quantitative estimate of drug-likeness (QED) is 0.645. The molecular weight excluding hydrogens is 318 g/mol. The average molecular weight is 330 g/mol. The Morgan fingerprint density at radius 2 is 1.86 bits per heavy atom. The molecule has 0 amide bonds. The first-order valence-corrected chi connectivity index (χ1v) is 7.76. The fourth-order valence-corrected chi connectivity index (χ4v) is 2.68. The summed E-state index contributed by atoms with van der Waals surface area (Å²) >= 11 is 7.62. The molecule has 0 unspecified atom stereocenters. The molecule has 22 heavy (non-hydrogen) atoms. The Morgan fingerprint density at radius 1 is 1.00 bits per heavy atom. The van der Waals surface area contributed by atoms with Crippen molar-refractivity contribution in [3.05, 3.63) is 65.8 Å². The number of nitrogens with zero attached hydrogens (tertiary/aromatic N) is 3. The van der Waals surface area contributed by atoms with Crippen LogP contribution in [0, 0.1) is 6.92 Å². The van der Waals surface area contributed by atoms with Gasteiger partial charge < -0.3 is 4.74 Å². The molecule has 6 heteroatoms. The van der Waals surface area contributed by atoms with Gasteiger partial charge in [0.15, 0.2) is 10.9 Å². The fraction of sp³-hybridized carbons (Fsp3) is 0.0625. The normalized spacial score (nSPS) is 10.5. The lowest BCUT2D eigenvalue weighted by Gasteiger charge is -2.10. The number of ether oxygens (including phenoxy) is 1. The van der Waals surface area contributed by atoms with Crippen molar-refractivity contribution in [2.45, 2.75) is 16.8 Å². The molecule has 110 valence electrons. The highest BCUT2D eigenvalue weighted by Gasteiger charge is 2.09. The molecule has 0 aromatic carbocycles. The van der Waals surface area contributed by atoms with Crippen LogP contribution in [0.15, 0.2) is 64.9 Å². The molecule has 0 atom stereocenters.